The van der Waals surface area contributed by atoms with E-state index in [1.54, 1.807) is 12.1 Å². The zero-order chi connectivity index (χ0) is 25.4. The maximum Gasteiger partial charge on any atom is 0.258 e. The van der Waals surface area contributed by atoms with Gasteiger partial charge in [-0.2, -0.15) is 0 Å². The van der Waals surface area contributed by atoms with Gasteiger partial charge in [0.2, 0.25) is 0 Å². The van der Waals surface area contributed by atoms with Crippen molar-refractivity contribution in [2.24, 2.45) is 5.92 Å². The first-order valence-electron chi connectivity index (χ1n) is 11.7. The maximum absolute atomic E-state index is 12.9. The Morgan fingerprint density at radius 3 is 1.69 bits per heavy atom. The minimum absolute atomic E-state index is 0.179. The molecule has 1 fully saturated rings. The van der Waals surface area contributed by atoms with E-state index in [4.69, 9.17) is 9.97 Å². The van der Waals surface area contributed by atoms with Crippen LogP contribution in [0.3, 0.4) is 0 Å². The number of H-pyrrole nitrogens is 2. The van der Waals surface area contributed by atoms with E-state index >= 15 is 0 Å². The predicted octanol–water partition coefficient (Wildman–Crippen LogP) is 6.79. The van der Waals surface area contributed by atoms with Gasteiger partial charge in [-0.25, -0.2) is 9.97 Å². The van der Waals surface area contributed by atoms with Crippen LogP contribution in [0.1, 0.15) is 43.8 Å². The van der Waals surface area contributed by atoms with Crippen LogP contribution in [0.4, 0.5) is 0 Å². The van der Waals surface area contributed by atoms with Crippen molar-refractivity contribution in [3.63, 3.8) is 0 Å². The smallest absolute Gasteiger partial charge is 0.258 e. The summed E-state index contributed by atoms with van der Waals surface area (Å²) in [6.45, 7) is 1.72. The number of hydrogen-bond donors (Lipinski definition) is 2. The molecule has 0 spiro atoms. The van der Waals surface area contributed by atoms with E-state index in [1.807, 2.05) is 12.1 Å². The van der Waals surface area contributed by atoms with Crippen LogP contribution in [-0.2, 0) is 13.1 Å². The van der Waals surface area contributed by atoms with Crippen molar-refractivity contribution in [1.29, 1.82) is 0 Å². The molecule has 0 atom stereocenters. The lowest BCUT2D eigenvalue weighted by molar-refractivity contribution is 0.179. The number of nitrogens with zero attached hydrogens (tertiary/aromatic N) is 3. The molecule has 2 aromatic heterocycles. The Kier molecular flexibility index (Phi) is 8.12. The van der Waals surface area contributed by atoms with Crippen molar-refractivity contribution in [2.75, 3.05) is 6.54 Å². The number of aromatic nitrogens is 4. The second kappa shape index (κ2) is 11.1. The third-order valence-corrected chi connectivity index (χ3v) is 8.67. The Hall–Kier alpha value is -1.40. The first-order chi connectivity index (χ1) is 17.3. The Labute approximate surface area is 241 Å². The number of halogens is 4. The van der Waals surface area contributed by atoms with Crippen LogP contribution in [0.2, 0.25) is 0 Å². The summed E-state index contributed by atoms with van der Waals surface area (Å²) in [5.41, 5.74) is 0.894. The Morgan fingerprint density at radius 1 is 0.750 bits per heavy atom. The molecule has 0 bridgehead atoms. The van der Waals surface area contributed by atoms with Crippen molar-refractivity contribution in [2.45, 2.75) is 45.2 Å². The highest BCUT2D eigenvalue weighted by molar-refractivity contribution is 9.11. The fourth-order valence-electron chi connectivity index (χ4n) is 4.92. The molecule has 2 N–H and O–H groups in total. The van der Waals surface area contributed by atoms with Crippen molar-refractivity contribution < 1.29 is 0 Å². The molecule has 4 aromatic rings. The van der Waals surface area contributed by atoms with Crippen LogP contribution in [0, 0.1) is 5.92 Å². The molecule has 36 heavy (non-hydrogen) atoms. The van der Waals surface area contributed by atoms with Crippen LogP contribution in [0.5, 0.6) is 0 Å². The van der Waals surface area contributed by atoms with Gasteiger partial charge in [0.15, 0.2) is 0 Å². The monoisotopic (exact) mass is 741 g/mol. The molecule has 0 unspecified atom stereocenters. The summed E-state index contributed by atoms with van der Waals surface area (Å²) in [6.07, 6.45) is 6.11. The van der Waals surface area contributed by atoms with E-state index in [-0.39, 0.29) is 11.1 Å². The first-order valence-corrected chi connectivity index (χ1v) is 14.9. The number of fused-ring (bicyclic) bond motifs is 2. The summed E-state index contributed by atoms with van der Waals surface area (Å²) in [5, 5.41) is 1.05. The van der Waals surface area contributed by atoms with Crippen molar-refractivity contribution >= 4 is 85.5 Å². The van der Waals surface area contributed by atoms with Gasteiger partial charge in [0.1, 0.15) is 11.6 Å². The van der Waals surface area contributed by atoms with Gasteiger partial charge in [0, 0.05) is 24.4 Å². The fraction of sp³-hybridized carbons (Fsp3) is 0.360. The average Bonchev–Trinajstić information content (AvgIpc) is 2.81. The molecule has 188 valence electrons. The Bertz CT molecular complexity index is 1460. The molecule has 1 saturated carbocycles. The van der Waals surface area contributed by atoms with E-state index in [2.05, 4.69) is 78.6 Å². The van der Waals surface area contributed by atoms with Crippen LogP contribution in [0.25, 0.3) is 21.8 Å². The predicted molar refractivity (Wildman–Crippen MR) is 156 cm³/mol. The van der Waals surface area contributed by atoms with Gasteiger partial charge in [-0.05, 0) is 74.9 Å². The molecule has 11 heteroatoms. The number of rotatable bonds is 6. The number of hydrogen-bond acceptors (Lipinski definition) is 5. The van der Waals surface area contributed by atoms with Gasteiger partial charge >= 0.3 is 0 Å². The molecule has 0 saturated heterocycles. The second-order valence-corrected chi connectivity index (χ2v) is 12.8. The van der Waals surface area contributed by atoms with E-state index < -0.39 is 0 Å². The molecule has 1 aliphatic carbocycles. The minimum atomic E-state index is -0.179. The first kappa shape index (κ1) is 26.2. The van der Waals surface area contributed by atoms with Crippen molar-refractivity contribution in [1.82, 2.24) is 24.8 Å². The fourth-order valence-corrected chi connectivity index (χ4v) is 7.55. The van der Waals surface area contributed by atoms with E-state index in [1.165, 1.54) is 32.1 Å². The molecule has 5 rings (SSSR count). The standard InChI is InChI=1S/C25H23Br4N5O2/c26-14-6-16-22(18(28)8-14)30-20(32-24(16)35)11-34(10-13-4-2-1-3-5-13)12-21-31-23-17(25(36)33-21)7-15(27)9-19(23)29/h6-9,13H,1-5,10-12H2,(H,30,32,35)(H,31,33,36). The van der Waals surface area contributed by atoms with Crippen molar-refractivity contribution in [3.8, 4) is 0 Å². The average molecular weight is 745 g/mol. The lowest BCUT2D eigenvalue weighted by Gasteiger charge is -2.29. The molecule has 2 aromatic carbocycles. The lowest BCUT2D eigenvalue weighted by Crippen LogP contribution is -2.32. The summed E-state index contributed by atoms with van der Waals surface area (Å²) in [5.74, 6) is 1.72. The summed E-state index contributed by atoms with van der Waals surface area (Å²) in [7, 11) is 0. The van der Waals surface area contributed by atoms with Crippen LogP contribution < -0.4 is 11.1 Å². The maximum atomic E-state index is 12.9. The van der Waals surface area contributed by atoms with Crippen LogP contribution >= 0.6 is 63.7 Å². The quantitative estimate of drug-likeness (QED) is 0.227. The van der Waals surface area contributed by atoms with Gasteiger partial charge in [-0.1, -0.05) is 51.1 Å². The summed E-state index contributed by atoms with van der Waals surface area (Å²) in [4.78, 5) is 43.4. The Morgan fingerprint density at radius 2 is 1.22 bits per heavy atom. The lowest BCUT2D eigenvalue weighted by atomic mass is 9.89. The van der Waals surface area contributed by atoms with Crippen molar-refractivity contribution in [3.05, 3.63) is 74.5 Å². The molecule has 0 amide bonds. The third-order valence-electron chi connectivity index (χ3n) is 6.54. The normalized spacial score (nSPS) is 14.8. The molecular weight excluding hydrogens is 722 g/mol. The topological polar surface area (TPSA) is 94.7 Å². The number of nitrogens with one attached hydrogen (secondary N) is 2. The highest BCUT2D eigenvalue weighted by Crippen LogP contribution is 2.28. The number of benzene rings is 2. The van der Waals surface area contributed by atoms with Gasteiger partial charge < -0.3 is 9.97 Å². The van der Waals surface area contributed by atoms with Gasteiger partial charge in [-0.15, -0.1) is 0 Å². The zero-order valence-corrected chi connectivity index (χ0v) is 25.6. The van der Waals surface area contributed by atoms with Crippen LogP contribution in [0.15, 0.2) is 51.7 Å². The number of aromatic amines is 2. The second-order valence-electron chi connectivity index (χ2n) is 9.27. The summed E-state index contributed by atoms with van der Waals surface area (Å²) in [6, 6.07) is 7.32. The highest BCUT2D eigenvalue weighted by atomic mass is 79.9. The summed E-state index contributed by atoms with van der Waals surface area (Å²) >= 11 is 14.0. The van der Waals surface area contributed by atoms with E-state index in [0.717, 1.165) is 24.4 Å². The largest absolute Gasteiger partial charge is 0.309 e. The summed E-state index contributed by atoms with van der Waals surface area (Å²) < 4.78 is 3.14. The third kappa shape index (κ3) is 5.85. The zero-order valence-electron chi connectivity index (χ0n) is 19.2. The van der Waals surface area contributed by atoms with Crippen LogP contribution in [-0.4, -0.2) is 31.4 Å². The van der Waals surface area contributed by atoms with Gasteiger partial charge in [0.25, 0.3) is 11.1 Å². The molecule has 1 aliphatic rings. The van der Waals surface area contributed by atoms with Gasteiger partial charge in [-0.3, -0.25) is 14.5 Å². The van der Waals surface area contributed by atoms with E-state index in [0.29, 0.717) is 52.5 Å². The van der Waals surface area contributed by atoms with E-state index in [9.17, 15) is 9.59 Å². The molecule has 0 aliphatic heterocycles. The highest BCUT2D eigenvalue weighted by Gasteiger charge is 2.21. The molecule has 2 heterocycles. The molecular formula is C25H23Br4N5O2. The Balaban J connectivity index is 1.50. The minimum Gasteiger partial charge on any atom is -0.309 e. The SMILES string of the molecule is O=c1[nH]c(CN(Cc2nc3c(Br)cc(Br)cc3c(=O)[nH]2)CC2CCCCC2)nc2c(Br)cc(Br)cc12. The van der Waals surface area contributed by atoms with Gasteiger partial charge in [0.05, 0.1) is 34.9 Å². The molecule has 0 radical (unpaired) electrons. The molecule has 7 nitrogen and oxygen atoms in total.